The second-order valence-electron chi connectivity index (χ2n) is 6.91. The zero-order valence-electron chi connectivity index (χ0n) is 16.8. The Hall–Kier alpha value is -3.48. The minimum absolute atomic E-state index is 0.137. The van der Waals surface area contributed by atoms with Crippen molar-refractivity contribution in [1.82, 2.24) is 14.9 Å². The molecule has 0 aliphatic carbocycles. The van der Waals surface area contributed by atoms with Crippen molar-refractivity contribution >= 4 is 28.5 Å². The van der Waals surface area contributed by atoms with Crippen molar-refractivity contribution in [2.24, 2.45) is 0 Å². The van der Waals surface area contributed by atoms with Gasteiger partial charge in [0, 0.05) is 25.6 Å². The lowest BCUT2D eigenvalue weighted by molar-refractivity contribution is -0.120. The van der Waals surface area contributed by atoms with E-state index >= 15 is 0 Å². The summed E-state index contributed by atoms with van der Waals surface area (Å²) >= 11 is 0. The van der Waals surface area contributed by atoms with Crippen LogP contribution in [0.5, 0.6) is 0 Å². The van der Waals surface area contributed by atoms with Crippen LogP contribution in [0.1, 0.15) is 23.2 Å². The van der Waals surface area contributed by atoms with Crippen molar-refractivity contribution in [2.75, 3.05) is 12.4 Å². The first-order valence-corrected chi connectivity index (χ1v) is 9.46. The van der Waals surface area contributed by atoms with E-state index in [9.17, 15) is 14.4 Å². The molecule has 3 aromatic rings. The molecule has 2 amide bonds. The first-order valence-electron chi connectivity index (χ1n) is 9.46. The van der Waals surface area contributed by atoms with Crippen LogP contribution in [-0.4, -0.2) is 28.4 Å². The fourth-order valence-corrected chi connectivity index (χ4v) is 3.14. The molecule has 0 saturated carbocycles. The van der Waals surface area contributed by atoms with Crippen LogP contribution in [0.4, 0.5) is 5.69 Å². The molecule has 0 unspecified atom stereocenters. The van der Waals surface area contributed by atoms with Crippen molar-refractivity contribution in [2.45, 2.75) is 33.2 Å². The summed E-state index contributed by atoms with van der Waals surface area (Å²) in [5.41, 5.74) is 3.89. The molecular weight excluding hydrogens is 368 g/mol. The first kappa shape index (κ1) is 20.3. The lowest BCUT2D eigenvalue weighted by atomic mass is 10.1. The van der Waals surface area contributed by atoms with Crippen molar-refractivity contribution < 1.29 is 9.59 Å². The molecule has 2 N–H and O–H groups in total. The second-order valence-corrected chi connectivity index (χ2v) is 6.91. The molecule has 0 aliphatic rings. The summed E-state index contributed by atoms with van der Waals surface area (Å²) in [6.45, 7) is 3.78. The number of hydrogen-bond acceptors (Lipinski definition) is 4. The molecule has 1 heterocycles. The van der Waals surface area contributed by atoms with E-state index in [1.807, 2.05) is 38.1 Å². The summed E-state index contributed by atoms with van der Waals surface area (Å²) in [5.74, 6) is -0.465. The Labute approximate surface area is 168 Å². The summed E-state index contributed by atoms with van der Waals surface area (Å²) in [6, 6.07) is 12.9. The SMILES string of the molecule is CNC(=O)CCc1nc2ccccc2n(CC(=O)Nc2cccc(C)c2C)c1=O. The van der Waals surface area contributed by atoms with Crippen LogP contribution in [-0.2, 0) is 22.6 Å². The maximum atomic E-state index is 13.0. The van der Waals surface area contributed by atoms with Crippen LogP contribution in [0.15, 0.2) is 47.3 Å². The van der Waals surface area contributed by atoms with Crippen molar-refractivity contribution in [3.8, 4) is 0 Å². The monoisotopic (exact) mass is 392 g/mol. The molecule has 150 valence electrons. The van der Waals surface area contributed by atoms with Gasteiger partial charge in [-0.2, -0.15) is 0 Å². The highest BCUT2D eigenvalue weighted by molar-refractivity contribution is 5.92. The van der Waals surface area contributed by atoms with Gasteiger partial charge in [-0.3, -0.25) is 19.0 Å². The largest absolute Gasteiger partial charge is 0.359 e. The van der Waals surface area contributed by atoms with Gasteiger partial charge in [0.05, 0.1) is 11.0 Å². The highest BCUT2D eigenvalue weighted by Gasteiger charge is 2.15. The molecule has 1 aromatic heterocycles. The van der Waals surface area contributed by atoms with Crippen LogP contribution in [0, 0.1) is 13.8 Å². The Bertz CT molecular complexity index is 1130. The van der Waals surface area contributed by atoms with Crippen LogP contribution >= 0.6 is 0 Å². The number of aryl methyl sites for hydroxylation is 2. The molecule has 29 heavy (non-hydrogen) atoms. The van der Waals surface area contributed by atoms with E-state index in [1.54, 1.807) is 25.2 Å². The minimum Gasteiger partial charge on any atom is -0.359 e. The highest BCUT2D eigenvalue weighted by Crippen LogP contribution is 2.18. The van der Waals surface area contributed by atoms with E-state index in [0.29, 0.717) is 11.0 Å². The molecule has 7 nitrogen and oxygen atoms in total. The van der Waals surface area contributed by atoms with Crippen molar-refractivity contribution in [3.05, 3.63) is 69.6 Å². The van der Waals surface area contributed by atoms with Crippen LogP contribution in [0.25, 0.3) is 11.0 Å². The van der Waals surface area contributed by atoms with Gasteiger partial charge in [0.1, 0.15) is 12.2 Å². The number of benzene rings is 2. The number of amides is 2. The number of nitrogens with one attached hydrogen (secondary N) is 2. The zero-order chi connectivity index (χ0) is 21.0. The number of aromatic nitrogens is 2. The fourth-order valence-electron chi connectivity index (χ4n) is 3.14. The molecular formula is C22H24N4O3. The smallest absolute Gasteiger partial charge is 0.273 e. The standard InChI is InChI=1S/C22H24N4O3/c1-14-7-6-9-16(15(14)2)25-21(28)13-26-19-10-5-4-8-17(19)24-18(22(26)29)11-12-20(27)23-3/h4-10H,11-13H2,1-3H3,(H,23,27)(H,25,28). The molecule has 0 bridgehead atoms. The van der Waals surface area contributed by atoms with Gasteiger partial charge in [-0.1, -0.05) is 24.3 Å². The van der Waals surface area contributed by atoms with Gasteiger partial charge < -0.3 is 10.6 Å². The quantitative estimate of drug-likeness (QED) is 0.673. The molecule has 7 heteroatoms. The van der Waals surface area contributed by atoms with Gasteiger partial charge >= 0.3 is 0 Å². The van der Waals surface area contributed by atoms with Gasteiger partial charge in [-0.15, -0.1) is 0 Å². The van der Waals surface area contributed by atoms with E-state index in [0.717, 1.165) is 16.8 Å². The Balaban J connectivity index is 1.93. The third kappa shape index (κ3) is 4.51. The minimum atomic E-state index is -0.358. The number of carbonyl (C=O) groups is 2. The summed E-state index contributed by atoms with van der Waals surface area (Å²) < 4.78 is 1.42. The molecule has 0 atom stereocenters. The van der Waals surface area contributed by atoms with Crippen molar-refractivity contribution in [3.63, 3.8) is 0 Å². The maximum absolute atomic E-state index is 13.0. The van der Waals surface area contributed by atoms with E-state index in [-0.39, 0.29) is 42.5 Å². The normalized spacial score (nSPS) is 10.7. The fraction of sp³-hybridized carbons (Fsp3) is 0.273. The first-order chi connectivity index (χ1) is 13.9. The molecule has 0 radical (unpaired) electrons. The van der Waals surface area contributed by atoms with Gasteiger partial charge in [-0.25, -0.2) is 4.98 Å². The summed E-state index contributed by atoms with van der Waals surface area (Å²) in [4.78, 5) is 41.7. The molecule has 2 aromatic carbocycles. The topological polar surface area (TPSA) is 93.1 Å². The van der Waals surface area contributed by atoms with E-state index < -0.39 is 0 Å². The predicted octanol–water partition coefficient (Wildman–Crippen LogP) is 2.33. The van der Waals surface area contributed by atoms with Crippen LogP contribution < -0.4 is 16.2 Å². The summed E-state index contributed by atoms with van der Waals surface area (Å²) in [7, 11) is 1.55. The van der Waals surface area contributed by atoms with Gasteiger partial charge in [-0.05, 0) is 43.2 Å². The number of rotatable bonds is 6. The number of anilines is 1. The molecule has 0 spiro atoms. The number of nitrogens with zero attached hydrogens (tertiary/aromatic N) is 2. The van der Waals surface area contributed by atoms with Crippen LogP contribution in [0.3, 0.4) is 0 Å². The predicted molar refractivity (Wildman–Crippen MR) is 113 cm³/mol. The lowest BCUT2D eigenvalue weighted by Gasteiger charge is -2.14. The Morgan fingerprint density at radius 3 is 2.55 bits per heavy atom. The average Bonchev–Trinajstić information content (AvgIpc) is 2.72. The molecule has 3 rings (SSSR count). The average molecular weight is 392 g/mol. The van der Waals surface area contributed by atoms with E-state index in [2.05, 4.69) is 15.6 Å². The number of hydrogen-bond donors (Lipinski definition) is 2. The third-order valence-corrected chi connectivity index (χ3v) is 4.97. The van der Waals surface area contributed by atoms with E-state index in [4.69, 9.17) is 0 Å². The van der Waals surface area contributed by atoms with Gasteiger partial charge in [0.15, 0.2) is 0 Å². The van der Waals surface area contributed by atoms with Crippen LogP contribution in [0.2, 0.25) is 0 Å². The third-order valence-electron chi connectivity index (χ3n) is 4.97. The number of carbonyl (C=O) groups excluding carboxylic acids is 2. The maximum Gasteiger partial charge on any atom is 0.273 e. The Kier molecular flexibility index (Phi) is 6.07. The van der Waals surface area contributed by atoms with Gasteiger partial charge in [0.2, 0.25) is 11.8 Å². The number of para-hydroxylation sites is 2. The molecule has 0 fully saturated rings. The highest BCUT2D eigenvalue weighted by atomic mass is 16.2. The summed E-state index contributed by atoms with van der Waals surface area (Å²) in [5, 5.41) is 5.42. The zero-order valence-corrected chi connectivity index (χ0v) is 16.8. The second kappa shape index (κ2) is 8.68. The van der Waals surface area contributed by atoms with Gasteiger partial charge in [0.25, 0.3) is 5.56 Å². The Morgan fingerprint density at radius 2 is 1.79 bits per heavy atom. The molecule has 0 aliphatic heterocycles. The van der Waals surface area contributed by atoms with E-state index in [1.165, 1.54) is 4.57 Å². The molecule has 0 saturated heterocycles. The Morgan fingerprint density at radius 1 is 1.03 bits per heavy atom. The summed E-state index contributed by atoms with van der Waals surface area (Å²) in [6.07, 6.45) is 0.369. The number of fused-ring (bicyclic) bond motifs is 1. The lowest BCUT2D eigenvalue weighted by Crippen LogP contribution is -2.31. The van der Waals surface area contributed by atoms with Crippen molar-refractivity contribution in [1.29, 1.82) is 0 Å².